The molecule has 1 aromatic carbocycles. The molecule has 12 heteroatoms. The molecule has 0 saturated carbocycles. The third-order valence-corrected chi connectivity index (χ3v) is 8.42. The zero-order chi connectivity index (χ0) is 29.5. The highest BCUT2D eigenvalue weighted by Crippen LogP contribution is 2.32. The molecular formula is C30H33ClN8O3. The maximum atomic E-state index is 13.7. The van der Waals surface area contributed by atoms with E-state index in [4.69, 9.17) is 16.7 Å². The van der Waals surface area contributed by atoms with Crippen molar-refractivity contribution >= 4 is 45.0 Å². The third-order valence-electron chi connectivity index (χ3n) is 8.21. The van der Waals surface area contributed by atoms with Gasteiger partial charge in [-0.1, -0.05) is 23.2 Å². The summed E-state index contributed by atoms with van der Waals surface area (Å²) in [7, 11) is 1.79. The number of hydrogen-bond donors (Lipinski definition) is 3. The highest BCUT2D eigenvalue weighted by atomic mass is 35.5. The molecule has 0 spiro atoms. The Bertz CT molecular complexity index is 1870. The number of carbonyl (C=O) groups excluding carboxylic acids is 1. The summed E-state index contributed by atoms with van der Waals surface area (Å²) < 4.78 is 3.63. The van der Waals surface area contributed by atoms with E-state index in [1.165, 1.54) is 0 Å². The van der Waals surface area contributed by atoms with Crippen LogP contribution >= 0.6 is 11.6 Å². The van der Waals surface area contributed by atoms with Gasteiger partial charge in [-0.05, 0) is 56.9 Å². The fourth-order valence-corrected chi connectivity index (χ4v) is 6.27. The van der Waals surface area contributed by atoms with E-state index in [0.717, 1.165) is 50.2 Å². The molecule has 6 rings (SSSR count). The predicted molar refractivity (Wildman–Crippen MR) is 163 cm³/mol. The van der Waals surface area contributed by atoms with Crippen LogP contribution in [-0.2, 0) is 18.3 Å². The number of fused-ring (bicyclic) bond motifs is 3. The molecular weight excluding hydrogens is 556 g/mol. The van der Waals surface area contributed by atoms with E-state index in [1.807, 2.05) is 36.9 Å². The molecule has 0 aliphatic carbocycles. The number of nitrogens with zero attached hydrogens (tertiary/aromatic N) is 6. The number of benzene rings is 1. The van der Waals surface area contributed by atoms with Crippen LogP contribution in [0.25, 0.3) is 33.1 Å². The van der Waals surface area contributed by atoms with Crippen molar-refractivity contribution < 1.29 is 9.90 Å². The largest absolute Gasteiger partial charge is 0.387 e. The molecule has 5 heterocycles. The van der Waals surface area contributed by atoms with E-state index in [2.05, 4.69) is 26.6 Å². The molecule has 1 fully saturated rings. The number of halogens is 1. The molecule has 11 nitrogen and oxygen atoms in total. The Morgan fingerprint density at radius 1 is 1.17 bits per heavy atom. The second-order valence-electron chi connectivity index (χ2n) is 10.9. The number of aromatic nitrogens is 6. The lowest BCUT2D eigenvalue weighted by Crippen LogP contribution is -2.40. The number of carbonyl (C=O) groups is 1. The Balaban J connectivity index is 1.34. The molecule has 0 bridgehead atoms. The monoisotopic (exact) mass is 588 g/mol. The standard InChI is InChI=1S/C30H33ClN8O3/c1-17-12-19(6-9-32-24-4-5-25(31)35-28(24)22-14-33-36-18(22)2)27-21(13-17)30(42)37(3)29-23(27)15-34-39(29)20-7-10-38(11-8-20)26(41)16-40/h4-5,12-15,20,32,40H,6-11,16H2,1-3H3,(H,33,36). The summed E-state index contributed by atoms with van der Waals surface area (Å²) in [5.74, 6) is -0.257. The van der Waals surface area contributed by atoms with Gasteiger partial charge >= 0.3 is 0 Å². The minimum atomic E-state index is -0.480. The van der Waals surface area contributed by atoms with E-state index in [1.54, 1.807) is 28.8 Å². The molecule has 0 unspecified atom stereocenters. The molecule has 5 aromatic rings. The molecule has 4 aromatic heterocycles. The van der Waals surface area contributed by atoms with E-state index in [-0.39, 0.29) is 17.5 Å². The van der Waals surface area contributed by atoms with Crippen LogP contribution in [-0.4, -0.2) is 71.7 Å². The van der Waals surface area contributed by atoms with Crippen molar-refractivity contribution in [2.75, 3.05) is 31.6 Å². The Kier molecular flexibility index (Phi) is 7.46. The van der Waals surface area contributed by atoms with Gasteiger partial charge in [0.1, 0.15) is 17.4 Å². The Morgan fingerprint density at radius 3 is 2.67 bits per heavy atom. The minimum Gasteiger partial charge on any atom is -0.387 e. The molecule has 1 amide bonds. The average Bonchev–Trinajstić information content (AvgIpc) is 3.62. The van der Waals surface area contributed by atoms with Crippen molar-refractivity contribution in [1.29, 1.82) is 0 Å². The van der Waals surface area contributed by atoms with Crippen molar-refractivity contribution in [3.8, 4) is 11.3 Å². The lowest BCUT2D eigenvalue weighted by Gasteiger charge is -2.32. The number of H-pyrrole nitrogens is 1. The first-order valence-corrected chi connectivity index (χ1v) is 14.4. The van der Waals surface area contributed by atoms with Crippen LogP contribution in [0.4, 0.5) is 5.69 Å². The maximum Gasteiger partial charge on any atom is 0.259 e. The molecule has 3 N–H and O–H groups in total. The number of anilines is 1. The van der Waals surface area contributed by atoms with Gasteiger partial charge in [-0.2, -0.15) is 10.2 Å². The summed E-state index contributed by atoms with van der Waals surface area (Å²) in [6, 6.07) is 7.82. The quantitative estimate of drug-likeness (QED) is 0.247. The first kappa shape index (κ1) is 27.9. The molecule has 0 radical (unpaired) electrons. The van der Waals surface area contributed by atoms with Crippen LogP contribution in [0.5, 0.6) is 0 Å². The van der Waals surface area contributed by atoms with Gasteiger partial charge in [-0.25, -0.2) is 9.67 Å². The summed E-state index contributed by atoms with van der Waals surface area (Å²) in [6.07, 6.45) is 5.67. The summed E-state index contributed by atoms with van der Waals surface area (Å²) in [4.78, 5) is 31.9. The van der Waals surface area contributed by atoms with Gasteiger partial charge in [-0.3, -0.25) is 19.3 Å². The maximum absolute atomic E-state index is 13.7. The summed E-state index contributed by atoms with van der Waals surface area (Å²) in [5, 5.41) is 27.5. The fourth-order valence-electron chi connectivity index (χ4n) is 6.12. The van der Waals surface area contributed by atoms with E-state index >= 15 is 0 Å². The van der Waals surface area contributed by atoms with Crippen molar-refractivity contribution in [3.05, 3.63) is 69.0 Å². The topological polar surface area (TPSA) is 134 Å². The minimum absolute atomic E-state index is 0.0473. The van der Waals surface area contributed by atoms with Gasteiger partial charge in [0.15, 0.2) is 0 Å². The van der Waals surface area contributed by atoms with Gasteiger partial charge in [0, 0.05) is 54.1 Å². The highest BCUT2D eigenvalue weighted by molar-refractivity contribution is 6.29. The van der Waals surface area contributed by atoms with Crippen LogP contribution in [0.1, 0.15) is 35.7 Å². The van der Waals surface area contributed by atoms with Gasteiger partial charge < -0.3 is 15.3 Å². The summed E-state index contributed by atoms with van der Waals surface area (Å²) in [6.45, 7) is 5.16. The van der Waals surface area contributed by atoms with Gasteiger partial charge in [0.2, 0.25) is 5.91 Å². The Hall–Kier alpha value is -4.22. The van der Waals surface area contributed by atoms with E-state index in [0.29, 0.717) is 49.4 Å². The fraction of sp³-hybridized carbons (Fsp3) is 0.367. The van der Waals surface area contributed by atoms with Crippen molar-refractivity contribution in [3.63, 3.8) is 0 Å². The van der Waals surface area contributed by atoms with Gasteiger partial charge in [0.05, 0.1) is 29.8 Å². The number of amides is 1. The zero-order valence-corrected chi connectivity index (χ0v) is 24.6. The van der Waals surface area contributed by atoms with Crippen LogP contribution in [0.15, 0.2) is 41.5 Å². The normalized spacial score (nSPS) is 14.3. The molecule has 1 saturated heterocycles. The average molecular weight is 589 g/mol. The van der Waals surface area contributed by atoms with Crippen molar-refractivity contribution in [2.24, 2.45) is 7.05 Å². The lowest BCUT2D eigenvalue weighted by atomic mass is 9.98. The second kappa shape index (κ2) is 11.2. The Morgan fingerprint density at radius 2 is 1.95 bits per heavy atom. The van der Waals surface area contributed by atoms with Crippen LogP contribution in [0, 0.1) is 13.8 Å². The van der Waals surface area contributed by atoms with Crippen molar-refractivity contribution in [1.82, 2.24) is 34.4 Å². The van der Waals surface area contributed by atoms with Crippen LogP contribution in [0.2, 0.25) is 5.15 Å². The number of nitrogens with one attached hydrogen (secondary N) is 2. The van der Waals surface area contributed by atoms with Crippen molar-refractivity contribution in [2.45, 2.75) is 39.2 Å². The molecule has 218 valence electrons. The zero-order valence-electron chi connectivity index (χ0n) is 23.8. The number of aromatic amines is 1. The number of aryl methyl sites for hydroxylation is 3. The van der Waals surface area contributed by atoms with Crippen LogP contribution in [0.3, 0.4) is 0 Å². The lowest BCUT2D eigenvalue weighted by molar-refractivity contribution is -0.135. The third kappa shape index (κ3) is 4.92. The number of rotatable bonds is 7. The molecule has 0 atom stereocenters. The second-order valence-corrected chi connectivity index (χ2v) is 11.3. The van der Waals surface area contributed by atoms with Gasteiger partial charge in [-0.15, -0.1) is 0 Å². The molecule has 42 heavy (non-hydrogen) atoms. The van der Waals surface area contributed by atoms with E-state index in [9.17, 15) is 14.7 Å². The summed E-state index contributed by atoms with van der Waals surface area (Å²) >= 11 is 6.23. The molecule has 1 aliphatic heterocycles. The number of hydrogen-bond acceptors (Lipinski definition) is 7. The van der Waals surface area contributed by atoms with Gasteiger partial charge in [0.25, 0.3) is 5.56 Å². The first-order chi connectivity index (χ1) is 20.3. The highest BCUT2D eigenvalue weighted by Gasteiger charge is 2.27. The van der Waals surface area contributed by atoms with E-state index < -0.39 is 6.61 Å². The number of aliphatic hydroxyl groups is 1. The number of piperidine rings is 1. The first-order valence-electron chi connectivity index (χ1n) is 14.1. The number of aliphatic hydroxyl groups excluding tert-OH is 1. The molecule has 1 aliphatic rings. The number of likely N-dealkylation sites (tertiary alicyclic amines) is 1. The number of pyridine rings is 2. The predicted octanol–water partition coefficient (Wildman–Crippen LogP) is 3.75. The van der Waals surface area contributed by atoms with Crippen LogP contribution < -0.4 is 10.9 Å². The SMILES string of the molecule is Cc1cc(CCNc2ccc(Cl)nc2-c2cn[nH]c2C)c2c(c1)c(=O)n(C)c1c2cnn1C1CCN(C(=O)CO)CC1. The summed E-state index contributed by atoms with van der Waals surface area (Å²) in [5.41, 5.74) is 6.15. The Labute approximate surface area is 247 Å². The smallest absolute Gasteiger partial charge is 0.259 e.